The number of anilines is 1. The van der Waals surface area contributed by atoms with Crippen molar-refractivity contribution in [2.75, 3.05) is 51.8 Å². The normalized spacial score (nSPS) is 24.9. The number of hydrogen-bond acceptors (Lipinski definition) is 9. The summed E-state index contributed by atoms with van der Waals surface area (Å²) in [5.41, 5.74) is 4.84. The fourth-order valence-corrected chi connectivity index (χ4v) is 7.47. The van der Waals surface area contributed by atoms with E-state index in [0.717, 1.165) is 48.8 Å². The minimum Gasteiger partial charge on any atom is -0.497 e. The van der Waals surface area contributed by atoms with Gasteiger partial charge in [0.15, 0.2) is 0 Å². The topological polar surface area (TPSA) is 98.1 Å². The summed E-state index contributed by atoms with van der Waals surface area (Å²) in [5, 5.41) is 9.56. The Morgan fingerprint density at radius 3 is 2.77 bits per heavy atom. The van der Waals surface area contributed by atoms with Crippen LogP contribution >= 0.6 is 0 Å². The van der Waals surface area contributed by atoms with Crippen LogP contribution in [0.2, 0.25) is 0 Å². The SMILES string of the molecule is C=CC(=O)N1CCN(c2nc(OC[C@@H]3CCCN3C)nc3c2CN(C2CC(C)(C)c4ccc(OC)cc42)C3)C[C@@H]1CC#N. The van der Waals surface area contributed by atoms with Crippen molar-refractivity contribution in [2.45, 2.75) is 76.2 Å². The zero-order valence-corrected chi connectivity index (χ0v) is 25.9. The molecule has 1 aliphatic carbocycles. The fraction of sp³-hybridized carbons (Fsp3) is 0.576. The number of hydrogen-bond donors (Lipinski definition) is 0. The van der Waals surface area contributed by atoms with Crippen LogP contribution in [0.5, 0.6) is 11.8 Å². The Kier molecular flexibility index (Phi) is 8.05. The highest BCUT2D eigenvalue weighted by molar-refractivity contribution is 5.87. The first-order valence-electron chi connectivity index (χ1n) is 15.4. The summed E-state index contributed by atoms with van der Waals surface area (Å²) in [6.45, 7) is 13.0. The molecular formula is C33H43N7O3. The third-order valence-corrected chi connectivity index (χ3v) is 9.90. The molecular weight excluding hydrogens is 542 g/mol. The molecule has 2 saturated heterocycles. The van der Waals surface area contributed by atoms with Crippen LogP contribution in [-0.2, 0) is 23.3 Å². The maximum Gasteiger partial charge on any atom is 0.318 e. The third kappa shape index (κ3) is 5.56. The lowest BCUT2D eigenvalue weighted by atomic mass is 9.86. The molecule has 1 aromatic carbocycles. The highest BCUT2D eigenvalue weighted by Crippen LogP contribution is 2.50. The quantitative estimate of drug-likeness (QED) is 0.429. The average Bonchev–Trinajstić information content (AvgIpc) is 3.70. The van der Waals surface area contributed by atoms with Crippen LogP contribution in [0.25, 0.3) is 0 Å². The molecule has 3 atom stereocenters. The van der Waals surface area contributed by atoms with Gasteiger partial charge in [0.1, 0.15) is 18.2 Å². The van der Waals surface area contributed by atoms with Gasteiger partial charge in [-0.05, 0) is 67.6 Å². The van der Waals surface area contributed by atoms with E-state index in [0.29, 0.717) is 44.8 Å². The first kappa shape index (κ1) is 29.4. The van der Waals surface area contributed by atoms with E-state index in [1.54, 1.807) is 12.0 Å². The number of fused-ring (bicyclic) bond motifs is 2. The van der Waals surface area contributed by atoms with Crippen molar-refractivity contribution in [2.24, 2.45) is 0 Å². The molecule has 0 bridgehead atoms. The van der Waals surface area contributed by atoms with E-state index in [2.05, 4.69) is 66.4 Å². The van der Waals surface area contributed by atoms with Crippen molar-refractivity contribution in [3.05, 3.63) is 53.2 Å². The van der Waals surface area contributed by atoms with E-state index >= 15 is 0 Å². The summed E-state index contributed by atoms with van der Waals surface area (Å²) in [7, 11) is 3.86. The summed E-state index contributed by atoms with van der Waals surface area (Å²) < 4.78 is 11.9. The van der Waals surface area contributed by atoms with Gasteiger partial charge in [0.25, 0.3) is 0 Å². The monoisotopic (exact) mass is 585 g/mol. The number of nitrogens with zero attached hydrogens (tertiary/aromatic N) is 7. The van der Waals surface area contributed by atoms with Crippen molar-refractivity contribution in [3.63, 3.8) is 0 Å². The summed E-state index contributed by atoms with van der Waals surface area (Å²) in [6, 6.07) is 9.50. The van der Waals surface area contributed by atoms with Crippen LogP contribution in [-0.4, -0.2) is 89.6 Å². The minimum absolute atomic E-state index is 0.0513. The first-order chi connectivity index (χ1) is 20.7. The number of piperazine rings is 1. The number of ether oxygens (including phenoxy) is 2. The highest BCUT2D eigenvalue weighted by Gasteiger charge is 2.43. The van der Waals surface area contributed by atoms with Crippen molar-refractivity contribution < 1.29 is 14.3 Å². The predicted octanol–water partition coefficient (Wildman–Crippen LogP) is 3.81. The summed E-state index contributed by atoms with van der Waals surface area (Å²) >= 11 is 0. The second-order valence-electron chi connectivity index (χ2n) is 13.0. The van der Waals surface area contributed by atoms with Crippen LogP contribution in [0.15, 0.2) is 30.9 Å². The number of rotatable bonds is 8. The molecule has 0 N–H and O–H groups in total. The molecule has 4 aliphatic rings. The lowest BCUT2D eigenvalue weighted by molar-refractivity contribution is -0.128. The molecule has 2 fully saturated rings. The van der Waals surface area contributed by atoms with Crippen LogP contribution < -0.4 is 14.4 Å². The molecule has 3 aliphatic heterocycles. The number of carbonyl (C=O) groups is 1. The summed E-state index contributed by atoms with van der Waals surface area (Å²) in [5.74, 6) is 1.60. The first-order valence-corrected chi connectivity index (χ1v) is 15.4. The van der Waals surface area contributed by atoms with E-state index in [1.807, 2.05) is 0 Å². The van der Waals surface area contributed by atoms with Crippen LogP contribution in [0, 0.1) is 11.3 Å². The largest absolute Gasteiger partial charge is 0.497 e. The molecule has 0 radical (unpaired) electrons. The lowest BCUT2D eigenvalue weighted by Crippen LogP contribution is -2.55. The van der Waals surface area contributed by atoms with Gasteiger partial charge in [-0.25, -0.2) is 0 Å². The molecule has 0 spiro atoms. The van der Waals surface area contributed by atoms with Gasteiger partial charge >= 0.3 is 6.01 Å². The Morgan fingerprint density at radius 2 is 2.05 bits per heavy atom. The summed E-state index contributed by atoms with van der Waals surface area (Å²) in [4.78, 5) is 31.4. The van der Waals surface area contributed by atoms with Crippen molar-refractivity contribution in [3.8, 4) is 17.8 Å². The number of benzene rings is 1. The number of amides is 1. The van der Waals surface area contributed by atoms with E-state index in [-0.39, 0.29) is 29.8 Å². The Bertz CT molecular complexity index is 1440. The minimum atomic E-state index is -0.237. The number of likely N-dealkylation sites (N-methyl/N-ethyl adjacent to an activating group) is 1. The predicted molar refractivity (Wildman–Crippen MR) is 164 cm³/mol. The van der Waals surface area contributed by atoms with Gasteiger partial charge in [-0.2, -0.15) is 15.2 Å². The average molecular weight is 586 g/mol. The Morgan fingerprint density at radius 1 is 1.21 bits per heavy atom. The zero-order valence-electron chi connectivity index (χ0n) is 25.9. The molecule has 43 heavy (non-hydrogen) atoms. The number of nitriles is 1. The smallest absolute Gasteiger partial charge is 0.318 e. The van der Waals surface area contributed by atoms with Gasteiger partial charge in [-0.3, -0.25) is 9.69 Å². The number of likely N-dealkylation sites (tertiary alicyclic amines) is 1. The Labute approximate surface area is 254 Å². The molecule has 1 amide bonds. The van der Waals surface area contributed by atoms with Crippen LogP contribution in [0.4, 0.5) is 5.82 Å². The second kappa shape index (κ2) is 11.8. The number of carbonyl (C=O) groups excluding carboxylic acids is 1. The van der Waals surface area contributed by atoms with Crippen LogP contribution in [0.3, 0.4) is 0 Å². The highest BCUT2D eigenvalue weighted by atomic mass is 16.5. The Balaban J connectivity index is 1.32. The van der Waals surface area contributed by atoms with Gasteiger partial charge < -0.3 is 24.2 Å². The maximum atomic E-state index is 12.6. The van der Waals surface area contributed by atoms with E-state index in [9.17, 15) is 10.1 Å². The van der Waals surface area contributed by atoms with E-state index in [1.165, 1.54) is 23.6 Å². The van der Waals surface area contributed by atoms with Crippen molar-refractivity contribution >= 4 is 11.7 Å². The molecule has 4 heterocycles. The van der Waals surface area contributed by atoms with Crippen LogP contribution in [0.1, 0.15) is 68.0 Å². The van der Waals surface area contributed by atoms with Crippen molar-refractivity contribution in [1.82, 2.24) is 24.7 Å². The van der Waals surface area contributed by atoms with Gasteiger partial charge in [0.05, 0.1) is 31.3 Å². The van der Waals surface area contributed by atoms with E-state index in [4.69, 9.17) is 19.4 Å². The molecule has 2 aromatic rings. The second-order valence-corrected chi connectivity index (χ2v) is 13.0. The fourth-order valence-electron chi connectivity index (χ4n) is 7.47. The maximum absolute atomic E-state index is 12.6. The molecule has 10 nitrogen and oxygen atoms in total. The molecule has 228 valence electrons. The summed E-state index contributed by atoms with van der Waals surface area (Å²) in [6.07, 6.45) is 4.88. The van der Waals surface area contributed by atoms with Gasteiger partial charge in [0, 0.05) is 50.4 Å². The van der Waals surface area contributed by atoms with Crippen molar-refractivity contribution in [1.29, 1.82) is 5.26 Å². The molecule has 10 heteroatoms. The van der Waals surface area contributed by atoms with Gasteiger partial charge in [-0.15, -0.1) is 0 Å². The molecule has 1 unspecified atom stereocenters. The van der Waals surface area contributed by atoms with Gasteiger partial charge in [-0.1, -0.05) is 26.5 Å². The number of aromatic nitrogens is 2. The molecule has 0 saturated carbocycles. The molecule has 1 aromatic heterocycles. The standard InChI is InChI=1S/C33H43N7O3/c1-6-30(41)40-15-14-38(18-22(40)11-12-34)31-26-19-39(29-17-33(2,3)27-10-9-24(42-5)16-25(27)29)20-28(26)35-32(36-31)43-21-23-8-7-13-37(23)4/h6,9-10,16,22-23,29H,1,7-8,11,13-15,17-21H2,2-5H3/t22-,23-,29?/m0/s1. The lowest BCUT2D eigenvalue weighted by Gasteiger charge is -2.41. The third-order valence-electron chi connectivity index (χ3n) is 9.90. The number of methoxy groups -OCH3 is 1. The van der Waals surface area contributed by atoms with E-state index < -0.39 is 0 Å². The molecule has 6 rings (SSSR count). The zero-order chi connectivity index (χ0) is 30.3. The Hall–Kier alpha value is -3.68. The van der Waals surface area contributed by atoms with Gasteiger partial charge in [0.2, 0.25) is 5.91 Å².